The molecule has 0 aliphatic rings. The van der Waals surface area contributed by atoms with Crippen LogP contribution < -0.4 is 4.74 Å². The SMILES string of the molecule is O=[N+]([O-])c1cc(Cl)nc(Oc2cc(F)ccc2F)c1. The van der Waals surface area contributed by atoms with Gasteiger partial charge in [0.15, 0.2) is 11.6 Å². The largest absolute Gasteiger partial charge is 0.436 e. The molecule has 1 aromatic carbocycles. The molecule has 0 N–H and O–H groups in total. The van der Waals surface area contributed by atoms with Crippen molar-refractivity contribution in [1.82, 2.24) is 4.98 Å². The normalized spacial score (nSPS) is 10.3. The van der Waals surface area contributed by atoms with Crippen molar-refractivity contribution >= 4 is 17.3 Å². The monoisotopic (exact) mass is 286 g/mol. The first-order valence-electron chi connectivity index (χ1n) is 4.90. The molecule has 98 valence electrons. The Balaban J connectivity index is 2.38. The third-order valence-electron chi connectivity index (χ3n) is 2.07. The Bertz CT molecular complexity index is 652. The molecule has 2 rings (SSSR count). The zero-order valence-corrected chi connectivity index (χ0v) is 9.90. The van der Waals surface area contributed by atoms with Crippen molar-refractivity contribution in [2.45, 2.75) is 0 Å². The minimum atomic E-state index is -0.828. The summed E-state index contributed by atoms with van der Waals surface area (Å²) in [5, 5.41) is 10.4. The predicted molar refractivity (Wildman–Crippen MR) is 62.3 cm³/mol. The number of hydrogen-bond donors (Lipinski definition) is 0. The standard InChI is InChI=1S/C11H5ClF2N2O3/c12-10-4-7(16(17)18)5-11(15-10)19-9-3-6(13)1-2-8(9)14/h1-5H. The minimum absolute atomic E-state index is 0.194. The highest BCUT2D eigenvalue weighted by molar-refractivity contribution is 6.29. The van der Waals surface area contributed by atoms with E-state index in [4.69, 9.17) is 16.3 Å². The Hall–Kier alpha value is -2.28. The number of nitro groups is 1. The molecule has 0 aliphatic heterocycles. The minimum Gasteiger partial charge on any atom is -0.436 e. The number of benzene rings is 1. The highest BCUT2D eigenvalue weighted by Gasteiger charge is 2.13. The summed E-state index contributed by atoms with van der Waals surface area (Å²) < 4.78 is 31.2. The van der Waals surface area contributed by atoms with E-state index in [2.05, 4.69) is 4.98 Å². The van der Waals surface area contributed by atoms with E-state index in [0.29, 0.717) is 0 Å². The van der Waals surface area contributed by atoms with Gasteiger partial charge in [-0.2, -0.15) is 0 Å². The Labute approximate surface area is 110 Å². The van der Waals surface area contributed by atoms with Crippen molar-refractivity contribution in [3.8, 4) is 11.6 Å². The van der Waals surface area contributed by atoms with Gasteiger partial charge in [0.1, 0.15) is 11.0 Å². The lowest BCUT2D eigenvalue weighted by Crippen LogP contribution is -1.95. The fourth-order valence-electron chi connectivity index (χ4n) is 1.29. The van der Waals surface area contributed by atoms with E-state index in [1.165, 1.54) is 0 Å². The topological polar surface area (TPSA) is 65.3 Å². The van der Waals surface area contributed by atoms with Crippen LogP contribution in [0.25, 0.3) is 0 Å². The highest BCUT2D eigenvalue weighted by Crippen LogP contribution is 2.28. The second-order valence-corrected chi connectivity index (χ2v) is 3.81. The Morgan fingerprint density at radius 1 is 1.26 bits per heavy atom. The molecule has 0 saturated carbocycles. The third-order valence-corrected chi connectivity index (χ3v) is 2.27. The van der Waals surface area contributed by atoms with Crippen LogP contribution in [0.1, 0.15) is 0 Å². The van der Waals surface area contributed by atoms with Crippen molar-refractivity contribution < 1.29 is 18.4 Å². The molecule has 0 atom stereocenters. The second kappa shape index (κ2) is 5.15. The number of ether oxygens (including phenoxy) is 1. The van der Waals surface area contributed by atoms with Crippen LogP contribution in [0.15, 0.2) is 30.3 Å². The van der Waals surface area contributed by atoms with Gasteiger partial charge in [0.2, 0.25) is 5.88 Å². The van der Waals surface area contributed by atoms with Gasteiger partial charge in [-0.25, -0.2) is 13.8 Å². The number of aromatic nitrogens is 1. The van der Waals surface area contributed by atoms with Crippen LogP contribution in [-0.4, -0.2) is 9.91 Å². The first-order chi connectivity index (χ1) is 8.95. The maximum atomic E-state index is 13.3. The van der Waals surface area contributed by atoms with E-state index in [9.17, 15) is 18.9 Å². The van der Waals surface area contributed by atoms with Gasteiger partial charge in [0.25, 0.3) is 5.69 Å². The summed E-state index contributed by atoms with van der Waals surface area (Å²) in [7, 11) is 0. The molecule has 0 spiro atoms. The van der Waals surface area contributed by atoms with Crippen molar-refractivity contribution in [3.63, 3.8) is 0 Å². The number of rotatable bonds is 3. The summed E-state index contributed by atoms with van der Waals surface area (Å²) in [6, 6.07) is 4.54. The number of nitrogens with zero attached hydrogens (tertiary/aromatic N) is 2. The molecule has 0 aliphatic carbocycles. The zero-order chi connectivity index (χ0) is 14.0. The molecule has 1 aromatic heterocycles. The average molecular weight is 287 g/mol. The maximum Gasteiger partial charge on any atom is 0.277 e. The molecule has 19 heavy (non-hydrogen) atoms. The van der Waals surface area contributed by atoms with Crippen LogP contribution in [0.4, 0.5) is 14.5 Å². The molecule has 5 nitrogen and oxygen atoms in total. The fourth-order valence-corrected chi connectivity index (χ4v) is 1.48. The van der Waals surface area contributed by atoms with Crippen molar-refractivity contribution in [2.75, 3.05) is 0 Å². The number of pyridine rings is 1. The molecular weight excluding hydrogens is 282 g/mol. The van der Waals surface area contributed by atoms with Gasteiger partial charge < -0.3 is 4.74 Å². The summed E-state index contributed by atoms with van der Waals surface area (Å²) in [6.45, 7) is 0. The molecule has 0 saturated heterocycles. The summed E-state index contributed by atoms with van der Waals surface area (Å²) >= 11 is 5.57. The van der Waals surface area contributed by atoms with Crippen LogP contribution in [0.5, 0.6) is 11.6 Å². The molecule has 0 fully saturated rings. The zero-order valence-electron chi connectivity index (χ0n) is 9.14. The van der Waals surface area contributed by atoms with Crippen LogP contribution in [0.3, 0.4) is 0 Å². The van der Waals surface area contributed by atoms with Crippen molar-refractivity contribution in [3.05, 3.63) is 57.2 Å². The molecule has 8 heteroatoms. The Kier molecular flexibility index (Phi) is 3.57. The van der Waals surface area contributed by atoms with Gasteiger partial charge in [-0.1, -0.05) is 11.6 Å². The highest BCUT2D eigenvalue weighted by atomic mass is 35.5. The van der Waals surface area contributed by atoms with Gasteiger partial charge in [0.05, 0.1) is 17.1 Å². The van der Waals surface area contributed by atoms with Crippen LogP contribution in [0.2, 0.25) is 5.15 Å². The van der Waals surface area contributed by atoms with Gasteiger partial charge in [-0.3, -0.25) is 10.1 Å². The predicted octanol–water partition coefficient (Wildman–Crippen LogP) is 3.71. The summed E-state index contributed by atoms with van der Waals surface area (Å²) in [5.41, 5.74) is -0.369. The van der Waals surface area contributed by atoms with E-state index in [1.807, 2.05) is 0 Å². The first kappa shape index (κ1) is 13.2. The summed E-state index contributed by atoms with van der Waals surface area (Å²) in [6.07, 6.45) is 0. The Morgan fingerprint density at radius 2 is 2.00 bits per heavy atom. The summed E-state index contributed by atoms with van der Waals surface area (Å²) in [5.74, 6) is -2.29. The molecule has 2 aromatic rings. The maximum absolute atomic E-state index is 13.3. The molecule has 0 amide bonds. The van der Waals surface area contributed by atoms with E-state index >= 15 is 0 Å². The molecule has 0 unspecified atom stereocenters. The molecule has 0 bridgehead atoms. The van der Waals surface area contributed by atoms with Gasteiger partial charge >= 0.3 is 0 Å². The third kappa shape index (κ3) is 3.14. The number of halogens is 3. The van der Waals surface area contributed by atoms with Crippen LogP contribution >= 0.6 is 11.6 Å². The fraction of sp³-hybridized carbons (Fsp3) is 0. The van der Waals surface area contributed by atoms with Gasteiger partial charge in [-0.05, 0) is 12.1 Å². The van der Waals surface area contributed by atoms with E-state index < -0.39 is 22.3 Å². The van der Waals surface area contributed by atoms with Crippen molar-refractivity contribution in [2.24, 2.45) is 0 Å². The van der Waals surface area contributed by atoms with E-state index in [0.717, 1.165) is 30.3 Å². The van der Waals surface area contributed by atoms with E-state index in [-0.39, 0.29) is 16.7 Å². The van der Waals surface area contributed by atoms with Gasteiger partial charge in [-0.15, -0.1) is 0 Å². The second-order valence-electron chi connectivity index (χ2n) is 3.42. The Morgan fingerprint density at radius 3 is 2.68 bits per heavy atom. The molecular formula is C11H5ClF2N2O3. The number of hydrogen-bond acceptors (Lipinski definition) is 4. The van der Waals surface area contributed by atoms with Crippen LogP contribution in [-0.2, 0) is 0 Å². The quantitative estimate of drug-likeness (QED) is 0.490. The lowest BCUT2D eigenvalue weighted by atomic mass is 10.3. The van der Waals surface area contributed by atoms with Crippen LogP contribution in [0, 0.1) is 21.7 Å². The molecule has 1 heterocycles. The molecule has 0 radical (unpaired) electrons. The van der Waals surface area contributed by atoms with Gasteiger partial charge in [0, 0.05) is 6.07 Å². The smallest absolute Gasteiger partial charge is 0.277 e. The lowest BCUT2D eigenvalue weighted by Gasteiger charge is -2.06. The lowest BCUT2D eigenvalue weighted by molar-refractivity contribution is -0.385. The first-order valence-corrected chi connectivity index (χ1v) is 5.28. The van der Waals surface area contributed by atoms with Crippen molar-refractivity contribution in [1.29, 1.82) is 0 Å². The average Bonchev–Trinajstić information content (AvgIpc) is 2.33. The summed E-state index contributed by atoms with van der Waals surface area (Å²) in [4.78, 5) is 13.5. The van der Waals surface area contributed by atoms with E-state index in [1.54, 1.807) is 0 Å².